The number of aliphatic hydroxyl groups is 1. The van der Waals surface area contributed by atoms with Crippen LogP contribution in [0.2, 0.25) is 0 Å². The average molecular weight is 368 g/mol. The number of rotatable bonds is 5. The summed E-state index contributed by atoms with van der Waals surface area (Å²) in [6.45, 7) is 3.18. The second-order valence-electron chi connectivity index (χ2n) is 5.38. The highest BCUT2D eigenvalue weighted by atomic mass is 32.2. The molecule has 0 aromatic carbocycles. The van der Waals surface area contributed by atoms with Crippen molar-refractivity contribution in [2.75, 3.05) is 12.0 Å². The van der Waals surface area contributed by atoms with Crippen molar-refractivity contribution in [3.63, 3.8) is 0 Å². The average Bonchev–Trinajstić information content (AvgIpc) is 2.35. The van der Waals surface area contributed by atoms with E-state index < -0.39 is 64.2 Å². The molecule has 0 aromatic rings. The standard InChI is InChI=1S/C13H20O10S/c1-6(14)20-10-9(5-24(4,18)19)23-13(17)12(22-8(3)16)11(10)21-7(2)15/h9-13,17H,5H2,1-4H3/t9-,10-,11+,12-,13?/m1/s1. The molecular weight excluding hydrogens is 348 g/mol. The molecule has 0 aliphatic carbocycles. The molecule has 0 amide bonds. The number of ether oxygens (including phenoxy) is 4. The molecular formula is C13H20O10S. The third-order valence-corrected chi connectivity index (χ3v) is 3.92. The van der Waals surface area contributed by atoms with Gasteiger partial charge < -0.3 is 24.1 Å². The van der Waals surface area contributed by atoms with E-state index in [2.05, 4.69) is 0 Å². The molecule has 1 aliphatic rings. The Labute approximate surface area is 138 Å². The highest BCUT2D eigenvalue weighted by Gasteiger charge is 2.52. The van der Waals surface area contributed by atoms with Crippen molar-refractivity contribution in [3.05, 3.63) is 0 Å². The zero-order chi connectivity index (χ0) is 18.7. The summed E-state index contributed by atoms with van der Waals surface area (Å²) in [5.74, 6) is -3.01. The Morgan fingerprint density at radius 2 is 1.33 bits per heavy atom. The Balaban J connectivity index is 3.23. The number of aliphatic hydroxyl groups excluding tert-OH is 1. The van der Waals surface area contributed by atoms with E-state index in [4.69, 9.17) is 18.9 Å². The van der Waals surface area contributed by atoms with Gasteiger partial charge in [0.05, 0.1) is 5.75 Å². The van der Waals surface area contributed by atoms with Crippen LogP contribution in [0.15, 0.2) is 0 Å². The number of carbonyl (C=O) groups is 3. The van der Waals surface area contributed by atoms with Crippen LogP contribution in [-0.4, -0.2) is 74.1 Å². The molecule has 24 heavy (non-hydrogen) atoms. The largest absolute Gasteiger partial charge is 0.456 e. The first-order valence-electron chi connectivity index (χ1n) is 6.93. The highest BCUT2D eigenvalue weighted by Crippen LogP contribution is 2.28. The number of esters is 3. The third kappa shape index (κ3) is 6.06. The minimum Gasteiger partial charge on any atom is -0.456 e. The summed E-state index contributed by atoms with van der Waals surface area (Å²) in [6, 6.07) is 0. The molecule has 0 saturated carbocycles. The molecule has 11 heteroatoms. The van der Waals surface area contributed by atoms with Crippen LogP contribution in [0, 0.1) is 0 Å². The van der Waals surface area contributed by atoms with Crippen molar-refractivity contribution in [3.8, 4) is 0 Å². The van der Waals surface area contributed by atoms with Crippen LogP contribution >= 0.6 is 0 Å². The molecule has 1 N–H and O–H groups in total. The topological polar surface area (TPSA) is 142 Å². The first kappa shape index (κ1) is 20.3. The van der Waals surface area contributed by atoms with Crippen molar-refractivity contribution in [1.82, 2.24) is 0 Å². The van der Waals surface area contributed by atoms with Gasteiger partial charge in [-0.2, -0.15) is 0 Å². The van der Waals surface area contributed by atoms with E-state index in [1.54, 1.807) is 0 Å². The molecule has 1 heterocycles. The van der Waals surface area contributed by atoms with Crippen LogP contribution in [-0.2, 0) is 43.2 Å². The lowest BCUT2D eigenvalue weighted by Gasteiger charge is -2.42. The second-order valence-corrected chi connectivity index (χ2v) is 7.56. The molecule has 1 unspecified atom stereocenters. The van der Waals surface area contributed by atoms with Crippen LogP contribution in [0.5, 0.6) is 0 Å². The SMILES string of the molecule is CC(=O)O[C@H]1[C@H](OC(C)=O)[C@@H](OC(C)=O)C(O)O[C@@H]1CS(C)(=O)=O. The number of hydrogen-bond acceptors (Lipinski definition) is 10. The summed E-state index contributed by atoms with van der Waals surface area (Å²) < 4.78 is 43.1. The molecule has 1 saturated heterocycles. The summed E-state index contributed by atoms with van der Waals surface area (Å²) in [4.78, 5) is 33.9. The Hall–Kier alpha value is -1.72. The maximum absolute atomic E-state index is 11.5. The zero-order valence-electron chi connectivity index (χ0n) is 13.6. The van der Waals surface area contributed by atoms with E-state index in [9.17, 15) is 27.9 Å². The van der Waals surface area contributed by atoms with Crippen LogP contribution in [0.1, 0.15) is 20.8 Å². The van der Waals surface area contributed by atoms with Crippen LogP contribution < -0.4 is 0 Å². The third-order valence-electron chi connectivity index (χ3n) is 2.98. The van der Waals surface area contributed by atoms with Gasteiger partial charge in [0.15, 0.2) is 24.6 Å². The Morgan fingerprint density at radius 3 is 1.75 bits per heavy atom. The summed E-state index contributed by atoms with van der Waals surface area (Å²) in [5.41, 5.74) is 0. The smallest absolute Gasteiger partial charge is 0.303 e. The minimum absolute atomic E-state index is 0.605. The summed E-state index contributed by atoms with van der Waals surface area (Å²) in [7, 11) is -3.58. The highest BCUT2D eigenvalue weighted by molar-refractivity contribution is 7.90. The van der Waals surface area contributed by atoms with Crippen molar-refractivity contribution >= 4 is 27.7 Å². The van der Waals surface area contributed by atoms with Crippen molar-refractivity contribution in [2.45, 2.75) is 51.5 Å². The first-order chi connectivity index (χ1) is 10.9. The predicted octanol–water partition coefficient (Wildman–Crippen LogP) is -1.46. The van der Waals surface area contributed by atoms with Gasteiger partial charge in [-0.05, 0) is 0 Å². The van der Waals surface area contributed by atoms with E-state index in [-0.39, 0.29) is 0 Å². The minimum atomic E-state index is -3.58. The molecule has 5 atom stereocenters. The van der Waals surface area contributed by atoms with E-state index in [0.717, 1.165) is 27.0 Å². The fourth-order valence-electron chi connectivity index (χ4n) is 2.30. The van der Waals surface area contributed by atoms with E-state index >= 15 is 0 Å². The summed E-state index contributed by atoms with van der Waals surface area (Å²) >= 11 is 0. The van der Waals surface area contributed by atoms with Gasteiger partial charge in [-0.25, -0.2) is 8.42 Å². The molecule has 1 rings (SSSR count). The normalized spacial score (nSPS) is 30.3. The number of carbonyl (C=O) groups excluding carboxylic acids is 3. The zero-order valence-corrected chi connectivity index (χ0v) is 14.4. The summed E-state index contributed by atoms with van der Waals surface area (Å²) in [5, 5.41) is 9.99. The van der Waals surface area contributed by atoms with Gasteiger partial charge in [0.2, 0.25) is 0 Å². The Bertz CT molecular complexity index is 598. The lowest BCUT2D eigenvalue weighted by atomic mass is 9.99. The number of hydrogen-bond donors (Lipinski definition) is 1. The maximum Gasteiger partial charge on any atom is 0.303 e. The molecule has 1 fully saturated rings. The van der Waals surface area contributed by atoms with Gasteiger partial charge in [0, 0.05) is 27.0 Å². The molecule has 138 valence electrons. The lowest BCUT2D eigenvalue weighted by molar-refractivity contribution is -0.287. The second kappa shape index (κ2) is 7.90. The van der Waals surface area contributed by atoms with Crippen molar-refractivity contribution < 1.29 is 46.9 Å². The van der Waals surface area contributed by atoms with Crippen LogP contribution in [0.25, 0.3) is 0 Å². The fourth-order valence-corrected chi connectivity index (χ4v) is 3.17. The van der Waals surface area contributed by atoms with Gasteiger partial charge in [-0.15, -0.1) is 0 Å². The van der Waals surface area contributed by atoms with E-state index in [0.29, 0.717) is 0 Å². The maximum atomic E-state index is 11.5. The van der Waals surface area contributed by atoms with Gasteiger partial charge in [0.1, 0.15) is 15.9 Å². The van der Waals surface area contributed by atoms with Gasteiger partial charge in [0.25, 0.3) is 0 Å². The molecule has 0 bridgehead atoms. The van der Waals surface area contributed by atoms with Gasteiger partial charge in [-0.3, -0.25) is 14.4 Å². The quantitative estimate of drug-likeness (QED) is 0.452. The van der Waals surface area contributed by atoms with Gasteiger partial charge >= 0.3 is 17.9 Å². The monoisotopic (exact) mass is 368 g/mol. The van der Waals surface area contributed by atoms with Crippen LogP contribution in [0.3, 0.4) is 0 Å². The molecule has 0 radical (unpaired) electrons. The molecule has 0 aromatic heterocycles. The van der Waals surface area contributed by atoms with Crippen molar-refractivity contribution in [2.24, 2.45) is 0 Å². The number of sulfone groups is 1. The first-order valence-corrected chi connectivity index (χ1v) is 8.99. The fraction of sp³-hybridized carbons (Fsp3) is 0.769. The Kier molecular flexibility index (Phi) is 6.69. The summed E-state index contributed by atoms with van der Waals surface area (Å²) in [6.07, 6.45) is -6.44. The van der Waals surface area contributed by atoms with E-state index in [1.807, 2.05) is 0 Å². The predicted molar refractivity (Wildman–Crippen MR) is 77.3 cm³/mol. The lowest BCUT2D eigenvalue weighted by Crippen LogP contribution is -2.62. The molecule has 10 nitrogen and oxygen atoms in total. The van der Waals surface area contributed by atoms with Gasteiger partial charge in [-0.1, -0.05) is 0 Å². The van der Waals surface area contributed by atoms with E-state index in [1.165, 1.54) is 0 Å². The van der Waals surface area contributed by atoms with Crippen LogP contribution in [0.4, 0.5) is 0 Å². The molecule has 1 aliphatic heterocycles. The Morgan fingerprint density at radius 1 is 0.917 bits per heavy atom. The molecule has 0 spiro atoms. The van der Waals surface area contributed by atoms with Crippen molar-refractivity contribution in [1.29, 1.82) is 0 Å².